The predicted molar refractivity (Wildman–Crippen MR) is 261 cm³/mol. The molecule has 0 spiro atoms. The number of carbonyl (C=O) groups is 7. The Morgan fingerprint density at radius 2 is 1.77 bits per heavy atom. The van der Waals surface area contributed by atoms with E-state index in [1.807, 2.05) is 24.3 Å². The minimum atomic E-state index is -4.79. The number of rotatable bonds is 19. The van der Waals surface area contributed by atoms with E-state index < -0.39 is 71.7 Å². The summed E-state index contributed by atoms with van der Waals surface area (Å²) >= 11 is 0. The Labute approximate surface area is 427 Å². The van der Waals surface area contributed by atoms with Crippen molar-refractivity contribution in [1.29, 1.82) is 0 Å². The Kier molecular flexibility index (Phi) is 16.2. The Morgan fingerprint density at radius 3 is 2.51 bits per heavy atom. The van der Waals surface area contributed by atoms with Gasteiger partial charge in [-0.2, -0.15) is 18.3 Å². The molecule has 0 bridgehead atoms. The van der Waals surface area contributed by atoms with E-state index in [0.717, 1.165) is 67.9 Å². The zero-order chi connectivity index (χ0) is 53.6. The number of hydrogen-bond acceptors (Lipinski definition) is 15. The van der Waals surface area contributed by atoms with Crippen molar-refractivity contribution in [3.63, 3.8) is 0 Å². The molecule has 21 nitrogen and oxygen atoms in total. The van der Waals surface area contributed by atoms with Crippen LogP contribution in [0.4, 0.5) is 29.5 Å². The minimum absolute atomic E-state index is 0.0207. The number of oxazole rings is 1. The fourth-order valence-corrected chi connectivity index (χ4v) is 8.87. The van der Waals surface area contributed by atoms with E-state index in [1.165, 1.54) is 37.7 Å². The standard InChI is InChI=1S/C51H55F3N10O11/c1-50(2,3)75-49(71)62(29-51(52,53)54)39-25-32(18-19-56-39)46-58-37(28-74-46)44(67)57-36-27-63(60-42(36)43(55)66)33-14-12-30(13-15-33)7-4-10-34-26-61(21-24-73-34)20-23-72-22-6-9-31-8-5-11-35-41(31)48(70)64(47(35)69)38-16-17-40(65)59-45(38)68/h5,8,11-15,18-19,25,27-28,34,38H,4,6-7,9-10,16-17,20-24,26,29H2,1-3H3,(H2,55,66)(H,57,67)(H,59,65,68). The van der Waals surface area contributed by atoms with E-state index in [0.29, 0.717) is 54.4 Å². The maximum atomic E-state index is 13.5. The number of benzene rings is 2. The second-order valence-corrected chi connectivity index (χ2v) is 19.1. The molecule has 2 unspecified atom stereocenters. The number of ether oxygens (including phenoxy) is 3. The van der Waals surface area contributed by atoms with Gasteiger partial charge in [-0.3, -0.25) is 48.8 Å². The summed E-state index contributed by atoms with van der Waals surface area (Å²) in [7, 11) is 0. The van der Waals surface area contributed by atoms with Crippen LogP contribution in [0.15, 0.2) is 77.7 Å². The number of aromatic nitrogens is 4. The first-order valence-corrected chi connectivity index (χ1v) is 24.3. The number of nitrogens with zero attached hydrogens (tertiary/aromatic N) is 7. The zero-order valence-corrected chi connectivity index (χ0v) is 41.3. The number of carbonyl (C=O) groups excluding carboxylic acids is 7. The van der Waals surface area contributed by atoms with E-state index in [9.17, 15) is 46.7 Å². The maximum absolute atomic E-state index is 13.5. The number of nitrogens with two attached hydrogens (primary N) is 1. The van der Waals surface area contributed by atoms with Gasteiger partial charge < -0.3 is 29.7 Å². The second kappa shape index (κ2) is 22.7. The van der Waals surface area contributed by atoms with Gasteiger partial charge >= 0.3 is 12.3 Å². The number of pyridine rings is 1. The number of halogens is 3. The fraction of sp³-hybridized carbons (Fsp3) is 0.412. The molecule has 5 aromatic rings. The number of anilines is 2. The van der Waals surface area contributed by atoms with Crippen molar-refractivity contribution in [3.8, 4) is 17.1 Å². The molecule has 3 aliphatic rings. The van der Waals surface area contributed by atoms with E-state index in [-0.39, 0.29) is 53.0 Å². The second-order valence-electron chi connectivity index (χ2n) is 19.1. The van der Waals surface area contributed by atoms with E-state index in [2.05, 4.69) is 30.6 Å². The third kappa shape index (κ3) is 13.3. The highest BCUT2D eigenvalue weighted by molar-refractivity contribution is 6.24. The van der Waals surface area contributed by atoms with Gasteiger partial charge in [0.15, 0.2) is 11.4 Å². The Morgan fingerprint density at radius 1 is 0.987 bits per heavy atom. The molecule has 2 atom stereocenters. The number of piperidine rings is 1. The van der Waals surface area contributed by atoms with Crippen molar-refractivity contribution in [2.24, 2.45) is 5.73 Å². The summed E-state index contributed by atoms with van der Waals surface area (Å²) in [5.41, 5.74) is 7.02. The molecule has 0 saturated carbocycles. The lowest BCUT2D eigenvalue weighted by atomic mass is 9.99. The lowest BCUT2D eigenvalue weighted by molar-refractivity contribution is -0.136. The van der Waals surface area contributed by atoms with Crippen molar-refractivity contribution in [2.45, 2.75) is 89.6 Å². The number of nitrogens with one attached hydrogen (secondary N) is 2. The molecule has 8 rings (SSSR count). The van der Waals surface area contributed by atoms with Gasteiger partial charge in [0.1, 0.15) is 30.3 Å². The van der Waals surface area contributed by atoms with Gasteiger partial charge in [-0.25, -0.2) is 19.4 Å². The lowest BCUT2D eigenvalue weighted by Crippen LogP contribution is -2.54. The highest BCUT2D eigenvalue weighted by Gasteiger charge is 2.45. The first-order chi connectivity index (χ1) is 35.7. The molecule has 24 heteroatoms. The van der Waals surface area contributed by atoms with Crippen molar-refractivity contribution < 1.29 is 65.4 Å². The summed E-state index contributed by atoms with van der Waals surface area (Å²) in [4.78, 5) is 101. The number of amides is 7. The number of morpholine rings is 1. The average Bonchev–Trinajstić information content (AvgIpc) is 4.10. The van der Waals surface area contributed by atoms with Gasteiger partial charge in [-0.1, -0.05) is 24.3 Å². The number of hydrogen-bond donors (Lipinski definition) is 3. The van der Waals surface area contributed by atoms with Crippen LogP contribution in [0.25, 0.3) is 17.1 Å². The van der Waals surface area contributed by atoms with Gasteiger partial charge in [0.25, 0.3) is 23.6 Å². The van der Waals surface area contributed by atoms with Gasteiger partial charge in [-0.05, 0) is 101 Å². The highest BCUT2D eigenvalue weighted by atomic mass is 19.4. The van der Waals surface area contributed by atoms with Crippen molar-refractivity contribution in [1.82, 2.24) is 34.9 Å². The van der Waals surface area contributed by atoms with Crippen LogP contribution in [0.2, 0.25) is 0 Å². The summed E-state index contributed by atoms with van der Waals surface area (Å²) in [5, 5.41) is 9.08. The first kappa shape index (κ1) is 53.5. The highest BCUT2D eigenvalue weighted by Crippen LogP contribution is 2.32. The number of aryl methyl sites for hydroxylation is 2. The van der Waals surface area contributed by atoms with Crippen LogP contribution >= 0.6 is 0 Å². The molecule has 0 radical (unpaired) electrons. The Hall–Kier alpha value is -7.83. The third-order valence-corrected chi connectivity index (χ3v) is 12.4. The summed E-state index contributed by atoms with van der Waals surface area (Å²) in [6.45, 7) is 6.65. The summed E-state index contributed by atoms with van der Waals surface area (Å²) in [6.07, 6.45) is 1.29. The van der Waals surface area contributed by atoms with Gasteiger partial charge in [-0.15, -0.1) is 0 Å². The number of fused-ring (bicyclic) bond motifs is 1. The molecule has 2 saturated heterocycles. The van der Waals surface area contributed by atoms with E-state index in [1.54, 1.807) is 18.2 Å². The molecule has 2 fully saturated rings. The van der Waals surface area contributed by atoms with Crippen molar-refractivity contribution in [3.05, 3.63) is 107 Å². The van der Waals surface area contributed by atoms with Gasteiger partial charge in [0, 0.05) is 44.4 Å². The number of imide groups is 2. The van der Waals surface area contributed by atoms with Gasteiger partial charge in [0.05, 0.1) is 48.0 Å². The molecular formula is C51H55F3N10O11. The molecule has 3 aliphatic heterocycles. The van der Waals surface area contributed by atoms with Crippen LogP contribution in [-0.4, -0.2) is 141 Å². The van der Waals surface area contributed by atoms with Crippen LogP contribution in [0, 0.1) is 0 Å². The fourth-order valence-electron chi connectivity index (χ4n) is 8.87. The molecule has 2 aromatic carbocycles. The molecule has 396 valence electrons. The quantitative estimate of drug-likeness (QED) is 0.0666. The first-order valence-electron chi connectivity index (χ1n) is 24.3. The molecule has 7 amide bonds. The largest absolute Gasteiger partial charge is 0.444 e. The van der Waals surface area contributed by atoms with Crippen LogP contribution in [-0.2, 0) is 36.6 Å². The summed E-state index contributed by atoms with van der Waals surface area (Å²) in [5.74, 6) is -4.42. The molecule has 6 heterocycles. The SMILES string of the molecule is CC(C)(C)OC(=O)N(CC(F)(F)F)c1cc(-c2nc(C(=O)Nc3cn(-c4ccc(CCCC5CN(CCOCCCc6cccc7c6C(=O)N(C6CCC(=O)NC6=O)C7=O)CCO5)cc4)nc3C(N)=O)co2)ccn1. The van der Waals surface area contributed by atoms with E-state index in [4.69, 9.17) is 24.4 Å². The van der Waals surface area contributed by atoms with E-state index >= 15 is 0 Å². The Bertz CT molecular complexity index is 2970. The normalized spacial score (nSPS) is 17.2. The lowest BCUT2D eigenvalue weighted by Gasteiger charge is -2.32. The topological polar surface area (TPSA) is 264 Å². The molecule has 0 aliphatic carbocycles. The smallest absolute Gasteiger partial charge is 0.416 e. The average molecular weight is 1040 g/mol. The number of alkyl halides is 3. The molecule has 3 aromatic heterocycles. The Balaban J connectivity index is 0.778. The molecule has 75 heavy (non-hydrogen) atoms. The van der Waals surface area contributed by atoms with Crippen molar-refractivity contribution >= 4 is 53.0 Å². The van der Waals surface area contributed by atoms with Crippen LogP contribution in [0.5, 0.6) is 0 Å². The van der Waals surface area contributed by atoms with Crippen molar-refractivity contribution in [2.75, 3.05) is 56.2 Å². The summed E-state index contributed by atoms with van der Waals surface area (Å²) < 4.78 is 64.6. The van der Waals surface area contributed by atoms with Crippen LogP contribution in [0.1, 0.15) is 106 Å². The number of primary amides is 1. The third-order valence-electron chi connectivity index (χ3n) is 12.4. The minimum Gasteiger partial charge on any atom is -0.444 e. The van der Waals surface area contributed by atoms with Crippen LogP contribution in [0.3, 0.4) is 0 Å². The molecular weight excluding hydrogens is 986 g/mol. The summed E-state index contributed by atoms with van der Waals surface area (Å²) in [6, 6.07) is 14.1. The van der Waals surface area contributed by atoms with Crippen LogP contribution < -0.4 is 21.3 Å². The molecule has 4 N–H and O–H groups in total. The zero-order valence-electron chi connectivity index (χ0n) is 41.3. The predicted octanol–water partition coefficient (Wildman–Crippen LogP) is 5.65. The maximum Gasteiger partial charge on any atom is 0.416 e. The monoisotopic (exact) mass is 1040 g/mol. The van der Waals surface area contributed by atoms with Gasteiger partial charge in [0.2, 0.25) is 17.7 Å².